The maximum Gasteiger partial charge on any atom is 0.0675 e. The van der Waals surface area contributed by atoms with E-state index in [0.29, 0.717) is 29.6 Å². The van der Waals surface area contributed by atoms with Crippen molar-refractivity contribution in [3.63, 3.8) is 0 Å². The molecule has 0 aromatic heterocycles. The van der Waals surface area contributed by atoms with E-state index in [1.807, 2.05) is 0 Å². The Labute approximate surface area is 134 Å². The minimum atomic E-state index is -2.27. The van der Waals surface area contributed by atoms with Gasteiger partial charge in [0.25, 0.3) is 0 Å². The van der Waals surface area contributed by atoms with Gasteiger partial charge in [0.15, 0.2) is 0 Å². The Bertz CT molecular complexity index is 556. The molecule has 0 radical (unpaired) electrons. The smallest absolute Gasteiger partial charge is 0.0675 e. The lowest BCUT2D eigenvalue weighted by Crippen LogP contribution is -2.55. The molecule has 1 heteroatoms. The second-order valence-corrected chi connectivity index (χ2v) is 8.92. The van der Waals surface area contributed by atoms with Crippen LogP contribution in [0.1, 0.15) is 76.2 Å². The summed E-state index contributed by atoms with van der Waals surface area (Å²) in [7, 11) is 0. The monoisotopic (exact) mass is 291 g/mol. The van der Waals surface area contributed by atoms with Gasteiger partial charge in [0.05, 0.1) is 5.60 Å². The zero-order valence-corrected chi connectivity index (χ0v) is 13.6. The van der Waals surface area contributed by atoms with E-state index in [4.69, 9.17) is 4.11 Å². The molecule has 4 aliphatic rings. The summed E-state index contributed by atoms with van der Waals surface area (Å²) in [6.07, 6.45) is 13.0. The average Bonchev–Trinajstić information content (AvgIpc) is 2.79. The van der Waals surface area contributed by atoms with Crippen molar-refractivity contribution in [2.75, 3.05) is 0 Å². The van der Waals surface area contributed by atoms with Crippen LogP contribution in [0, 0.1) is 34.5 Å². The van der Waals surface area contributed by atoms with Gasteiger partial charge in [0.2, 0.25) is 0 Å². The van der Waals surface area contributed by atoms with E-state index in [2.05, 4.69) is 26.0 Å². The summed E-state index contributed by atoms with van der Waals surface area (Å²) in [6, 6.07) is 0. The molecule has 0 unspecified atom stereocenters. The van der Waals surface area contributed by atoms with E-state index in [1.165, 1.54) is 25.7 Å². The van der Waals surface area contributed by atoms with E-state index < -0.39 is 17.9 Å². The van der Waals surface area contributed by atoms with Gasteiger partial charge in [-0.15, -0.1) is 0 Å². The Balaban J connectivity index is 1.68. The first kappa shape index (κ1) is 11.3. The molecule has 0 bridgehead atoms. The predicted octanol–water partition coefficient (Wildman–Crippen LogP) is 4.95. The van der Waals surface area contributed by atoms with Crippen LogP contribution in [0.4, 0.5) is 0 Å². The van der Waals surface area contributed by atoms with Gasteiger partial charge in [-0.2, -0.15) is 0 Å². The van der Waals surface area contributed by atoms with E-state index in [0.717, 1.165) is 25.2 Å². The fraction of sp³-hybridized carbons (Fsp3) is 0.900. The molecule has 0 aliphatic heterocycles. The molecule has 3 saturated carbocycles. The van der Waals surface area contributed by atoms with Crippen molar-refractivity contribution in [1.82, 2.24) is 0 Å². The van der Waals surface area contributed by atoms with Crippen LogP contribution in [-0.2, 0) is 0 Å². The van der Waals surface area contributed by atoms with Gasteiger partial charge in [-0.05, 0) is 92.7 Å². The van der Waals surface area contributed by atoms with Crippen molar-refractivity contribution >= 4 is 0 Å². The van der Waals surface area contributed by atoms with E-state index in [1.54, 1.807) is 0 Å². The summed E-state index contributed by atoms with van der Waals surface area (Å²) in [6.45, 7) is 2.31. The van der Waals surface area contributed by atoms with E-state index in [-0.39, 0.29) is 0 Å². The Morgan fingerprint density at radius 2 is 1.86 bits per heavy atom. The lowest BCUT2D eigenvalue weighted by molar-refractivity contribution is -0.138. The fourth-order valence-corrected chi connectivity index (χ4v) is 6.85. The minimum absolute atomic E-state index is 0.380. The SMILES string of the molecule is [2H]C([2H])([2H])[C@]1(O)CC[C@H]2[C@@H]3CC[C@H]4CC=CC[C@]4(C)[C@H]3CC[C@@]21C. The molecule has 21 heavy (non-hydrogen) atoms. The van der Waals surface area contributed by atoms with Crippen LogP contribution in [0.2, 0.25) is 0 Å². The van der Waals surface area contributed by atoms with Crippen molar-refractivity contribution < 1.29 is 9.22 Å². The molecule has 118 valence electrons. The molecule has 4 rings (SSSR count). The first-order valence-electron chi connectivity index (χ1n) is 10.5. The zero-order chi connectivity index (χ0) is 17.4. The average molecular weight is 291 g/mol. The number of hydrogen-bond acceptors (Lipinski definition) is 1. The molecular formula is C20H32O. The van der Waals surface area contributed by atoms with Crippen molar-refractivity contribution in [2.45, 2.75) is 77.7 Å². The molecule has 0 amide bonds. The summed E-state index contributed by atoms with van der Waals surface area (Å²) in [5, 5.41) is 11.2. The second kappa shape index (κ2) is 4.37. The van der Waals surface area contributed by atoms with E-state index in [9.17, 15) is 5.11 Å². The van der Waals surface area contributed by atoms with Gasteiger partial charge >= 0.3 is 0 Å². The Morgan fingerprint density at radius 1 is 1.05 bits per heavy atom. The lowest BCUT2D eigenvalue weighted by atomic mass is 9.45. The summed E-state index contributed by atoms with van der Waals surface area (Å²) in [5.41, 5.74) is -1.54. The largest absolute Gasteiger partial charge is 0.390 e. The molecule has 0 spiro atoms. The molecular weight excluding hydrogens is 256 g/mol. The molecule has 0 saturated heterocycles. The fourth-order valence-electron chi connectivity index (χ4n) is 6.85. The van der Waals surface area contributed by atoms with Crippen LogP contribution in [-0.4, -0.2) is 10.7 Å². The highest BCUT2D eigenvalue weighted by atomic mass is 16.3. The zero-order valence-electron chi connectivity index (χ0n) is 16.6. The van der Waals surface area contributed by atoms with Gasteiger partial charge in [0.1, 0.15) is 0 Å². The Morgan fingerprint density at radius 3 is 2.67 bits per heavy atom. The van der Waals surface area contributed by atoms with Crippen LogP contribution in [0.5, 0.6) is 0 Å². The van der Waals surface area contributed by atoms with Crippen LogP contribution in [0.25, 0.3) is 0 Å². The molecule has 1 nitrogen and oxygen atoms in total. The van der Waals surface area contributed by atoms with Crippen LogP contribution in [0.3, 0.4) is 0 Å². The number of hydrogen-bond donors (Lipinski definition) is 1. The van der Waals surface area contributed by atoms with Crippen molar-refractivity contribution in [3.05, 3.63) is 12.2 Å². The lowest BCUT2D eigenvalue weighted by Gasteiger charge is -2.60. The first-order chi connectivity index (χ1) is 11.1. The van der Waals surface area contributed by atoms with Crippen LogP contribution >= 0.6 is 0 Å². The third-order valence-corrected chi connectivity index (χ3v) is 8.36. The van der Waals surface area contributed by atoms with Crippen molar-refractivity contribution in [3.8, 4) is 0 Å². The molecule has 0 aromatic carbocycles. The normalized spacial score (nSPS) is 62.0. The van der Waals surface area contributed by atoms with Gasteiger partial charge in [-0.25, -0.2) is 0 Å². The van der Waals surface area contributed by atoms with Crippen LogP contribution < -0.4 is 0 Å². The Kier molecular flexibility index (Phi) is 2.35. The number of aliphatic hydroxyl groups is 1. The quantitative estimate of drug-likeness (QED) is 0.626. The van der Waals surface area contributed by atoms with Crippen molar-refractivity contribution in [2.24, 2.45) is 34.5 Å². The molecule has 7 atom stereocenters. The van der Waals surface area contributed by atoms with Gasteiger partial charge in [0, 0.05) is 4.11 Å². The topological polar surface area (TPSA) is 20.2 Å². The summed E-state index contributed by atoms with van der Waals surface area (Å²) in [4.78, 5) is 0. The van der Waals surface area contributed by atoms with Crippen molar-refractivity contribution in [1.29, 1.82) is 0 Å². The standard InChI is InChI=1S/C20H32O/c1-18-11-5-4-6-14(18)7-8-15-16(18)9-12-19(2)17(15)10-13-20(19,3)21/h4-5,14-17,21H,6-13H2,1-3H3/t14-,15-,16+,17+,18+,19+,20+/m1/s1/i3D3. The number of rotatable bonds is 0. The number of allylic oxidation sites excluding steroid dienone is 2. The first-order valence-corrected chi connectivity index (χ1v) is 9.01. The summed E-state index contributed by atoms with van der Waals surface area (Å²) >= 11 is 0. The third kappa shape index (κ3) is 1.73. The van der Waals surface area contributed by atoms with Gasteiger partial charge in [-0.1, -0.05) is 26.0 Å². The Hall–Kier alpha value is -0.300. The molecule has 0 heterocycles. The highest BCUT2D eigenvalue weighted by Crippen LogP contribution is 2.67. The molecule has 3 fully saturated rings. The third-order valence-electron chi connectivity index (χ3n) is 8.36. The maximum absolute atomic E-state index is 11.2. The highest BCUT2D eigenvalue weighted by Gasteiger charge is 2.62. The van der Waals surface area contributed by atoms with Gasteiger partial charge < -0.3 is 5.11 Å². The highest BCUT2D eigenvalue weighted by molar-refractivity contribution is 5.14. The molecule has 1 N–H and O–H groups in total. The minimum Gasteiger partial charge on any atom is -0.390 e. The van der Waals surface area contributed by atoms with E-state index >= 15 is 0 Å². The predicted molar refractivity (Wildman–Crippen MR) is 86.9 cm³/mol. The van der Waals surface area contributed by atoms with Crippen LogP contribution in [0.15, 0.2) is 12.2 Å². The summed E-state index contributed by atoms with van der Waals surface area (Å²) < 4.78 is 23.9. The van der Waals surface area contributed by atoms with Gasteiger partial charge in [-0.3, -0.25) is 0 Å². The molecule has 0 aromatic rings. The number of fused-ring (bicyclic) bond motifs is 5. The second-order valence-electron chi connectivity index (χ2n) is 8.92. The maximum atomic E-state index is 11.2. The summed E-state index contributed by atoms with van der Waals surface area (Å²) in [5.74, 6) is 2.49. The molecule has 4 aliphatic carbocycles.